The number of phenolic OH excluding ortho intramolecular Hbond substituents is 1. The van der Waals surface area contributed by atoms with Crippen LogP contribution in [0.3, 0.4) is 0 Å². The molecule has 410 valence electrons. The maximum Gasteiger partial charge on any atom is 0.294 e. The summed E-state index contributed by atoms with van der Waals surface area (Å²) in [5.41, 5.74) is 17.3. The Morgan fingerprint density at radius 2 is 1.65 bits per heavy atom. The van der Waals surface area contributed by atoms with Crippen LogP contribution in [-0.2, 0) is 50.1 Å². The topological polar surface area (TPSA) is 238 Å². The molecule has 2 amide bonds. The van der Waals surface area contributed by atoms with Crippen molar-refractivity contribution in [2.75, 3.05) is 30.3 Å². The van der Waals surface area contributed by atoms with Gasteiger partial charge in [0.15, 0.2) is 17.0 Å². The van der Waals surface area contributed by atoms with Crippen molar-refractivity contribution in [2.24, 2.45) is 0 Å². The molecule has 0 aliphatic carbocycles. The third-order valence-corrected chi connectivity index (χ3v) is 16.9. The van der Waals surface area contributed by atoms with Gasteiger partial charge in [-0.15, -0.1) is 0 Å². The lowest BCUT2D eigenvalue weighted by atomic mass is 9.81. The van der Waals surface area contributed by atoms with E-state index in [2.05, 4.69) is 111 Å². The Labute approximate surface area is 456 Å². The first-order chi connectivity index (χ1) is 37.0. The van der Waals surface area contributed by atoms with Crippen molar-refractivity contribution in [3.8, 4) is 17.4 Å². The summed E-state index contributed by atoms with van der Waals surface area (Å²) in [6, 6.07) is 19.1. The quantitative estimate of drug-likeness (QED) is 0.0252. The van der Waals surface area contributed by atoms with Crippen LogP contribution in [0.2, 0.25) is 0 Å². The highest BCUT2D eigenvalue weighted by Gasteiger charge is 2.46. The number of nitrogen functional groups attached to an aromatic ring is 1. The number of carbonyl (C=O) groups excluding carboxylic acids is 2. The summed E-state index contributed by atoms with van der Waals surface area (Å²) in [5, 5.41) is 16.9. The molecule has 4 aromatic carbocycles. The number of anilines is 2. The van der Waals surface area contributed by atoms with Gasteiger partial charge in [-0.05, 0) is 132 Å². The van der Waals surface area contributed by atoms with Gasteiger partial charge < -0.3 is 40.8 Å². The first-order valence-electron chi connectivity index (χ1n) is 26.7. The van der Waals surface area contributed by atoms with Gasteiger partial charge in [0, 0.05) is 79.0 Å². The highest BCUT2D eigenvalue weighted by atomic mass is 32.2. The lowest BCUT2D eigenvalue weighted by Gasteiger charge is -2.36. The molecule has 0 bridgehead atoms. The van der Waals surface area contributed by atoms with Crippen LogP contribution in [0.4, 0.5) is 17.3 Å². The molecule has 1 unspecified atom stereocenters. The maximum atomic E-state index is 13.8. The van der Waals surface area contributed by atoms with Crippen LogP contribution in [0, 0.1) is 27.7 Å². The Morgan fingerprint density at radius 3 is 2.41 bits per heavy atom. The lowest BCUT2D eigenvalue weighted by molar-refractivity contribution is -0.438. The number of hydrogen-bond donors (Lipinski definition) is 6. The number of aryl methyl sites for hydroxylation is 1. The summed E-state index contributed by atoms with van der Waals surface area (Å²) >= 11 is 0. The van der Waals surface area contributed by atoms with Crippen LogP contribution in [0.25, 0.3) is 11.2 Å². The van der Waals surface area contributed by atoms with E-state index in [1.165, 1.54) is 23.5 Å². The van der Waals surface area contributed by atoms with Crippen LogP contribution < -0.4 is 30.7 Å². The first-order valence-corrected chi connectivity index (χ1v) is 28.2. The molecule has 3 aliphatic heterocycles. The van der Waals surface area contributed by atoms with Crippen molar-refractivity contribution in [1.82, 2.24) is 30.6 Å². The number of ether oxygens (including phenoxy) is 2. The fourth-order valence-corrected chi connectivity index (χ4v) is 11.7. The molecule has 0 spiro atoms. The minimum atomic E-state index is -4.45. The summed E-state index contributed by atoms with van der Waals surface area (Å²) in [6.07, 6.45) is 12.3. The Bertz CT molecular complexity index is 3540. The van der Waals surface area contributed by atoms with Gasteiger partial charge in [-0.3, -0.25) is 14.1 Å². The number of nitrogens with two attached hydrogens (primary N) is 1. The van der Waals surface area contributed by atoms with E-state index in [9.17, 15) is 27.7 Å². The standard InChI is InChI=1S/C60H71N9O8S/c1-36-18-24-46-44(31-36)58(5,6)48(69(46)30-14-28-62-56(72)60(9)27-26-43-39(4)52(71)37(2)38(3)53(43)77-60)15-13-16-49-59(7,8)45-32-42(78(73,74)75)23-25-47(45)68(49)29-12-10-11-17-50(70)63-33-40-19-21-41(22-20-40)34-76-55-51-54(65-35-64-51)66-57(61)67-55/h13,15-16,18-25,31-32,35H,10-12,14,17,26-30,33-34H2,1-9H3,(H6-,61,62,63,64,65,66,67,70,71,72,73,74,75)/p+1. The number of aromatic hydroxyl groups is 1. The van der Waals surface area contributed by atoms with Gasteiger partial charge in [-0.1, -0.05) is 61.9 Å². The summed E-state index contributed by atoms with van der Waals surface area (Å²) < 4.78 is 49.5. The Hall–Kier alpha value is -7.57. The Morgan fingerprint density at radius 1 is 0.897 bits per heavy atom. The summed E-state index contributed by atoms with van der Waals surface area (Å²) in [4.78, 5) is 44.4. The number of rotatable bonds is 19. The minimum absolute atomic E-state index is 0.0370. The number of unbranched alkanes of at least 4 members (excludes halogenated alkanes) is 2. The molecule has 0 fully saturated rings. The number of carbonyl (C=O) groups is 2. The van der Waals surface area contributed by atoms with Crippen LogP contribution in [0.5, 0.6) is 17.4 Å². The molecule has 0 saturated carbocycles. The van der Waals surface area contributed by atoms with Crippen molar-refractivity contribution in [2.45, 2.75) is 142 Å². The zero-order chi connectivity index (χ0) is 55.9. The van der Waals surface area contributed by atoms with Gasteiger partial charge in [0.05, 0.1) is 16.6 Å². The van der Waals surface area contributed by atoms with Crippen molar-refractivity contribution in [3.05, 3.63) is 141 Å². The minimum Gasteiger partial charge on any atom is -0.507 e. The highest BCUT2D eigenvalue weighted by Crippen LogP contribution is 2.49. The third-order valence-electron chi connectivity index (χ3n) is 16.0. The number of imidazole rings is 1. The third kappa shape index (κ3) is 11.0. The molecule has 9 rings (SSSR count). The van der Waals surface area contributed by atoms with Crippen LogP contribution in [0.15, 0.2) is 95.8 Å². The van der Waals surface area contributed by atoms with E-state index in [0.29, 0.717) is 81.1 Å². The highest BCUT2D eigenvalue weighted by molar-refractivity contribution is 7.85. The van der Waals surface area contributed by atoms with Gasteiger partial charge in [-0.25, -0.2) is 4.98 Å². The summed E-state index contributed by atoms with van der Waals surface area (Å²) in [6.45, 7) is 20.6. The fourth-order valence-electron chi connectivity index (χ4n) is 11.2. The number of aromatic amines is 1. The number of allylic oxidation sites excluding steroid dienone is 4. The second kappa shape index (κ2) is 21.7. The van der Waals surface area contributed by atoms with Crippen LogP contribution in [-0.4, -0.2) is 85.3 Å². The monoisotopic (exact) mass is 1080 g/mol. The summed E-state index contributed by atoms with van der Waals surface area (Å²) in [5.74, 6) is 1.18. The average molecular weight is 1080 g/mol. The van der Waals surface area contributed by atoms with E-state index in [0.717, 1.165) is 74.6 Å². The van der Waals surface area contributed by atoms with E-state index in [1.54, 1.807) is 12.1 Å². The molecule has 78 heavy (non-hydrogen) atoms. The van der Waals surface area contributed by atoms with E-state index in [4.69, 9.17) is 15.2 Å². The molecular weight excluding hydrogens is 1010 g/mol. The molecular formula is C60H72N9O8S+. The van der Waals surface area contributed by atoms with Crippen molar-refractivity contribution in [1.29, 1.82) is 0 Å². The van der Waals surface area contributed by atoms with Crippen LogP contribution >= 0.6 is 0 Å². The van der Waals surface area contributed by atoms with Crippen molar-refractivity contribution < 1.29 is 41.7 Å². The predicted octanol–water partition coefficient (Wildman–Crippen LogP) is 9.48. The van der Waals surface area contributed by atoms with Crippen molar-refractivity contribution in [3.63, 3.8) is 0 Å². The molecule has 7 N–H and O–H groups in total. The van der Waals surface area contributed by atoms with Gasteiger partial charge in [-0.2, -0.15) is 23.0 Å². The van der Waals surface area contributed by atoms with Gasteiger partial charge >= 0.3 is 0 Å². The molecule has 1 atom stereocenters. The number of fused-ring (bicyclic) bond motifs is 4. The molecule has 2 aromatic heterocycles. The predicted molar refractivity (Wildman–Crippen MR) is 302 cm³/mol. The average Bonchev–Trinajstić information content (AvgIpc) is 4.19. The number of nitrogens with one attached hydrogen (secondary N) is 3. The Kier molecular flexibility index (Phi) is 15.3. The van der Waals surface area contributed by atoms with Gasteiger partial charge in [0.2, 0.25) is 23.4 Å². The SMILES string of the molecule is Cc1ccc2c(c1)C(C)(C)C(=CC=CC1=[N+](CCCCCC(=O)NCc3ccc(COc4nc(N)nc5nc[nH]c45)cc3)c3ccc(S(=O)(=O)O)cc3C1(C)C)N2CCCNC(=O)C1(C)CCc2c(C)c(O)c(C)c(C)c2O1. The number of benzene rings is 4. The second-order valence-corrected chi connectivity index (χ2v) is 23.6. The zero-order valence-corrected chi connectivity index (χ0v) is 47.0. The molecule has 0 radical (unpaired) electrons. The first kappa shape index (κ1) is 55.2. The van der Waals surface area contributed by atoms with Gasteiger partial charge in [0.25, 0.3) is 16.0 Å². The number of aromatic nitrogens is 4. The number of amides is 2. The molecule has 5 heterocycles. The number of H-pyrrole nitrogens is 1. The van der Waals surface area contributed by atoms with E-state index in [-0.39, 0.29) is 40.4 Å². The van der Waals surface area contributed by atoms with E-state index >= 15 is 0 Å². The fraction of sp³-hybridized carbons (Fsp3) is 0.400. The largest absolute Gasteiger partial charge is 0.507 e. The van der Waals surface area contributed by atoms with Crippen LogP contribution in [0.1, 0.15) is 123 Å². The molecule has 18 heteroatoms. The normalized spacial score (nSPS) is 17.8. The smallest absolute Gasteiger partial charge is 0.294 e. The zero-order valence-electron chi connectivity index (χ0n) is 46.1. The number of nitrogens with zero attached hydrogens (tertiary/aromatic N) is 5. The second-order valence-electron chi connectivity index (χ2n) is 22.2. The van der Waals surface area contributed by atoms with Gasteiger partial charge in [0.1, 0.15) is 30.2 Å². The molecule has 0 saturated heterocycles. The molecule has 17 nitrogen and oxygen atoms in total. The summed E-state index contributed by atoms with van der Waals surface area (Å²) in [7, 11) is -4.45. The number of hydrogen-bond acceptors (Lipinski definition) is 12. The lowest BCUT2D eigenvalue weighted by Crippen LogP contribution is -2.51. The molecule has 6 aromatic rings. The molecule has 3 aliphatic rings. The van der Waals surface area contributed by atoms with E-state index in [1.807, 2.05) is 52.0 Å². The number of phenols is 1. The van der Waals surface area contributed by atoms with E-state index < -0.39 is 21.1 Å². The van der Waals surface area contributed by atoms with Crippen molar-refractivity contribution >= 4 is 56.1 Å². The maximum absolute atomic E-state index is 13.8. The Balaban J connectivity index is 0.845.